The maximum absolute atomic E-state index is 13.6. The Balaban J connectivity index is 1.60. The van der Waals surface area contributed by atoms with Crippen molar-refractivity contribution in [3.63, 3.8) is 0 Å². The fourth-order valence-electron chi connectivity index (χ4n) is 2.44. The van der Waals surface area contributed by atoms with Gasteiger partial charge >= 0.3 is 0 Å². The van der Waals surface area contributed by atoms with Crippen molar-refractivity contribution >= 4 is 22.9 Å². The van der Waals surface area contributed by atoms with Gasteiger partial charge in [0.2, 0.25) is 0 Å². The molecule has 0 atom stereocenters. The zero-order valence-corrected chi connectivity index (χ0v) is 15.5. The average molecular weight is 369 g/mol. The fraction of sp³-hybridized carbons (Fsp3) is 0.190. The number of amides is 1. The van der Waals surface area contributed by atoms with Crippen molar-refractivity contribution in [1.29, 1.82) is 0 Å². The minimum Gasteiger partial charge on any atom is -0.486 e. The molecule has 0 unspecified atom stereocenters. The number of nitrogens with one attached hydrogen (secondary N) is 1. The average Bonchev–Trinajstić information content (AvgIpc) is 3.11. The Kier molecular flexibility index (Phi) is 5.68. The van der Waals surface area contributed by atoms with E-state index in [1.54, 1.807) is 24.3 Å². The van der Waals surface area contributed by atoms with Gasteiger partial charge in [0, 0.05) is 11.3 Å². The van der Waals surface area contributed by atoms with Crippen molar-refractivity contribution in [3.05, 3.63) is 81.8 Å². The van der Waals surface area contributed by atoms with Gasteiger partial charge in [-0.2, -0.15) is 0 Å². The molecule has 2 aromatic carbocycles. The first-order chi connectivity index (χ1) is 12.5. The van der Waals surface area contributed by atoms with Crippen LogP contribution in [-0.4, -0.2) is 5.91 Å². The largest absolute Gasteiger partial charge is 0.486 e. The molecule has 0 radical (unpaired) electrons. The summed E-state index contributed by atoms with van der Waals surface area (Å²) in [6.07, 6.45) is 0. The van der Waals surface area contributed by atoms with E-state index >= 15 is 0 Å². The third-order valence-electron chi connectivity index (χ3n) is 3.94. The highest BCUT2D eigenvalue weighted by atomic mass is 32.1. The van der Waals surface area contributed by atoms with Crippen LogP contribution in [0.25, 0.3) is 0 Å². The minimum absolute atomic E-state index is 0.163. The number of thiophene rings is 1. The zero-order chi connectivity index (χ0) is 18.5. The topological polar surface area (TPSA) is 38.3 Å². The quantitative estimate of drug-likeness (QED) is 0.592. The van der Waals surface area contributed by atoms with Gasteiger partial charge in [-0.3, -0.25) is 4.79 Å². The minimum atomic E-state index is -0.398. The first-order valence-corrected chi connectivity index (χ1v) is 9.27. The number of anilines is 1. The Morgan fingerprint density at radius 3 is 2.58 bits per heavy atom. The normalized spacial score (nSPS) is 10.8. The molecule has 1 heterocycles. The van der Waals surface area contributed by atoms with Crippen molar-refractivity contribution in [2.75, 3.05) is 5.32 Å². The van der Waals surface area contributed by atoms with Crippen molar-refractivity contribution in [3.8, 4) is 5.75 Å². The number of ether oxygens (including phenoxy) is 1. The van der Waals surface area contributed by atoms with E-state index in [0.29, 0.717) is 10.8 Å². The van der Waals surface area contributed by atoms with Crippen LogP contribution in [-0.2, 0) is 6.61 Å². The monoisotopic (exact) mass is 369 g/mol. The molecule has 1 amide bonds. The molecule has 0 aliphatic rings. The van der Waals surface area contributed by atoms with Crippen LogP contribution in [0.1, 0.15) is 40.6 Å². The summed E-state index contributed by atoms with van der Waals surface area (Å²) in [5, 5.41) is 4.74. The number of hydrogen-bond donors (Lipinski definition) is 1. The van der Waals surface area contributed by atoms with Gasteiger partial charge < -0.3 is 10.1 Å². The fourth-order valence-corrected chi connectivity index (χ4v) is 3.23. The molecule has 0 bridgehead atoms. The summed E-state index contributed by atoms with van der Waals surface area (Å²) in [5.41, 5.74) is 2.82. The second-order valence-corrected chi connectivity index (χ2v) is 7.18. The smallest absolute Gasteiger partial charge is 0.265 e. The number of carbonyl (C=O) groups excluding carboxylic acids is 1. The van der Waals surface area contributed by atoms with Crippen LogP contribution in [0, 0.1) is 5.82 Å². The molecule has 1 N–H and O–H groups in total. The maximum atomic E-state index is 13.6. The Hall–Kier alpha value is -2.66. The number of hydrogen-bond acceptors (Lipinski definition) is 3. The summed E-state index contributed by atoms with van der Waals surface area (Å²) in [6, 6.07) is 15.9. The van der Waals surface area contributed by atoms with Crippen molar-refractivity contribution < 1.29 is 13.9 Å². The van der Waals surface area contributed by atoms with Gasteiger partial charge in [-0.15, -0.1) is 11.3 Å². The molecule has 0 saturated heterocycles. The van der Waals surface area contributed by atoms with Crippen LogP contribution < -0.4 is 10.1 Å². The SMILES string of the molecule is CC(C)c1ccc(NC(=O)c2cc(COc3ccccc3F)cs2)cc1. The Bertz CT molecular complexity index is 887. The van der Waals surface area contributed by atoms with E-state index in [2.05, 4.69) is 19.2 Å². The highest BCUT2D eigenvalue weighted by Crippen LogP contribution is 2.22. The molecule has 5 heteroatoms. The molecule has 0 fully saturated rings. The molecular weight excluding hydrogens is 349 g/mol. The van der Waals surface area contributed by atoms with Gasteiger partial charge in [-0.1, -0.05) is 38.1 Å². The summed E-state index contributed by atoms with van der Waals surface area (Å²) in [7, 11) is 0. The van der Waals surface area contributed by atoms with Gasteiger partial charge in [-0.05, 0) is 47.2 Å². The second kappa shape index (κ2) is 8.15. The molecule has 1 aromatic heterocycles. The van der Waals surface area contributed by atoms with Crippen LogP contribution in [0.5, 0.6) is 5.75 Å². The highest BCUT2D eigenvalue weighted by Gasteiger charge is 2.11. The van der Waals surface area contributed by atoms with E-state index < -0.39 is 5.82 Å². The van der Waals surface area contributed by atoms with Gasteiger partial charge in [0.25, 0.3) is 5.91 Å². The predicted octanol–water partition coefficient (Wildman–Crippen LogP) is 5.84. The van der Waals surface area contributed by atoms with E-state index in [-0.39, 0.29) is 18.3 Å². The highest BCUT2D eigenvalue weighted by molar-refractivity contribution is 7.12. The van der Waals surface area contributed by atoms with E-state index in [1.165, 1.54) is 23.0 Å². The number of rotatable bonds is 6. The number of halogens is 1. The van der Waals surface area contributed by atoms with Crippen LogP contribution in [0.3, 0.4) is 0 Å². The molecule has 0 saturated carbocycles. The molecule has 3 nitrogen and oxygen atoms in total. The summed E-state index contributed by atoms with van der Waals surface area (Å²) in [5.74, 6) is 0.0963. The summed E-state index contributed by atoms with van der Waals surface area (Å²) >= 11 is 1.34. The molecule has 3 aromatic rings. The third-order valence-corrected chi connectivity index (χ3v) is 4.92. The van der Waals surface area contributed by atoms with E-state index in [4.69, 9.17) is 4.74 Å². The molecule has 134 valence electrons. The summed E-state index contributed by atoms with van der Waals surface area (Å²) < 4.78 is 19.0. The molecule has 0 aliphatic heterocycles. The Morgan fingerprint density at radius 1 is 1.15 bits per heavy atom. The van der Waals surface area contributed by atoms with Crippen LogP contribution >= 0.6 is 11.3 Å². The second-order valence-electron chi connectivity index (χ2n) is 6.27. The number of carbonyl (C=O) groups is 1. The first-order valence-electron chi connectivity index (χ1n) is 8.39. The van der Waals surface area contributed by atoms with E-state index in [1.807, 2.05) is 29.6 Å². The van der Waals surface area contributed by atoms with E-state index in [9.17, 15) is 9.18 Å². The van der Waals surface area contributed by atoms with E-state index in [0.717, 1.165) is 11.3 Å². The third kappa shape index (κ3) is 4.49. The number of benzene rings is 2. The van der Waals surface area contributed by atoms with Crippen molar-refractivity contribution in [2.45, 2.75) is 26.4 Å². The molecule has 3 rings (SSSR count). The maximum Gasteiger partial charge on any atom is 0.265 e. The molecule has 26 heavy (non-hydrogen) atoms. The lowest BCUT2D eigenvalue weighted by Gasteiger charge is -2.07. The summed E-state index contributed by atoms with van der Waals surface area (Å²) in [6.45, 7) is 4.47. The lowest BCUT2D eigenvalue weighted by atomic mass is 10.0. The number of para-hydroxylation sites is 1. The summed E-state index contributed by atoms with van der Waals surface area (Å²) in [4.78, 5) is 13.0. The molecule has 0 aliphatic carbocycles. The van der Waals surface area contributed by atoms with Gasteiger partial charge in [0.05, 0.1) is 4.88 Å². The zero-order valence-electron chi connectivity index (χ0n) is 14.7. The Morgan fingerprint density at radius 2 is 1.88 bits per heavy atom. The van der Waals surface area contributed by atoms with Gasteiger partial charge in [0.15, 0.2) is 11.6 Å². The van der Waals surface area contributed by atoms with Crippen LogP contribution in [0.4, 0.5) is 10.1 Å². The molecule has 0 spiro atoms. The lowest BCUT2D eigenvalue weighted by molar-refractivity contribution is 0.103. The van der Waals surface area contributed by atoms with Crippen molar-refractivity contribution in [1.82, 2.24) is 0 Å². The van der Waals surface area contributed by atoms with Crippen molar-refractivity contribution in [2.24, 2.45) is 0 Å². The standard InChI is InChI=1S/C21H20FNO2S/c1-14(2)16-7-9-17(10-8-16)23-21(24)20-11-15(13-26-20)12-25-19-6-4-3-5-18(19)22/h3-11,13-14H,12H2,1-2H3,(H,23,24). The first kappa shape index (κ1) is 18.1. The van der Waals surface area contributed by atoms with Crippen LogP contribution in [0.15, 0.2) is 60.0 Å². The van der Waals surface area contributed by atoms with Gasteiger partial charge in [-0.25, -0.2) is 4.39 Å². The van der Waals surface area contributed by atoms with Gasteiger partial charge in [0.1, 0.15) is 6.61 Å². The predicted molar refractivity (Wildman–Crippen MR) is 104 cm³/mol. The molecular formula is C21H20FNO2S. The van der Waals surface area contributed by atoms with Crippen LogP contribution in [0.2, 0.25) is 0 Å². The lowest BCUT2D eigenvalue weighted by Crippen LogP contribution is -2.10. The Labute approximate surface area is 156 Å².